The molecule has 0 bridgehead atoms. The average Bonchev–Trinajstić information content (AvgIpc) is 3.23. The molecule has 0 saturated carbocycles. The van der Waals surface area contributed by atoms with Gasteiger partial charge in [-0.05, 0) is 36.1 Å². The van der Waals surface area contributed by atoms with Crippen molar-refractivity contribution in [1.82, 2.24) is 19.4 Å². The number of carbonyl (C=O) groups excluding carboxylic acids is 1. The van der Waals surface area contributed by atoms with Crippen LogP contribution in [0.25, 0.3) is 22.3 Å². The van der Waals surface area contributed by atoms with Crippen molar-refractivity contribution in [3.8, 4) is 16.9 Å². The number of aryl methyl sites for hydroxylation is 2. The Morgan fingerprint density at radius 1 is 1.05 bits per heavy atom. The number of benzene rings is 2. The van der Waals surface area contributed by atoms with Crippen molar-refractivity contribution >= 4 is 29.0 Å². The third-order valence-electron chi connectivity index (χ3n) is 6.31. The number of fused-ring (bicyclic) bond motifs is 1. The number of amides is 2. The molecular weight excluding hydrogens is 482 g/mol. The van der Waals surface area contributed by atoms with Gasteiger partial charge in [-0.15, -0.1) is 0 Å². The molecular formula is C29H33N5O4. The largest absolute Gasteiger partial charge is 0.511 e. The minimum Gasteiger partial charge on any atom is -0.449 e. The van der Waals surface area contributed by atoms with E-state index in [1.54, 1.807) is 26.2 Å². The van der Waals surface area contributed by atoms with Crippen LogP contribution >= 0.6 is 0 Å². The van der Waals surface area contributed by atoms with E-state index in [-0.39, 0.29) is 6.03 Å². The maximum absolute atomic E-state index is 12.3. The van der Waals surface area contributed by atoms with Crippen LogP contribution in [0, 0.1) is 0 Å². The molecule has 4 aromatic rings. The highest BCUT2D eigenvalue weighted by molar-refractivity contribution is 5.92. The highest BCUT2D eigenvalue weighted by Crippen LogP contribution is 2.31. The van der Waals surface area contributed by atoms with Gasteiger partial charge in [0.1, 0.15) is 17.1 Å². The number of unbranched alkanes of at least 4 members (excludes halogenated alkanes) is 1. The monoisotopic (exact) mass is 515 g/mol. The molecule has 0 aliphatic rings. The molecule has 0 aliphatic carbocycles. The Hall–Kier alpha value is -4.40. The fourth-order valence-electron chi connectivity index (χ4n) is 4.29. The molecule has 0 fully saturated rings. The average molecular weight is 516 g/mol. The molecule has 198 valence electrons. The fourth-order valence-corrected chi connectivity index (χ4v) is 4.29. The van der Waals surface area contributed by atoms with Gasteiger partial charge in [0.15, 0.2) is 5.65 Å². The van der Waals surface area contributed by atoms with Crippen molar-refractivity contribution in [1.29, 1.82) is 0 Å². The Morgan fingerprint density at radius 3 is 2.45 bits per heavy atom. The number of para-hydroxylation sites is 1. The zero-order valence-electron chi connectivity index (χ0n) is 22.2. The number of nitrogens with one attached hydrogen (secondary N) is 1. The van der Waals surface area contributed by atoms with Gasteiger partial charge in [0.2, 0.25) is 0 Å². The summed E-state index contributed by atoms with van der Waals surface area (Å²) in [5, 5.41) is 12.0. The predicted molar refractivity (Wildman–Crippen MR) is 148 cm³/mol. The predicted octanol–water partition coefficient (Wildman–Crippen LogP) is 6.20. The number of hydrogen-bond donors (Lipinski definition) is 2. The Labute approximate surface area is 222 Å². The Kier molecular flexibility index (Phi) is 8.25. The molecule has 2 aromatic heterocycles. The maximum atomic E-state index is 12.3. The lowest BCUT2D eigenvalue weighted by Gasteiger charge is -2.15. The van der Waals surface area contributed by atoms with Gasteiger partial charge in [-0.1, -0.05) is 62.7 Å². The smallest absolute Gasteiger partial charge is 0.449 e. The molecule has 0 atom stereocenters. The molecule has 38 heavy (non-hydrogen) atoms. The molecule has 2 amide bonds. The number of hydrogen-bond acceptors (Lipinski definition) is 5. The molecule has 4 rings (SSSR count). The minimum absolute atomic E-state index is 0.207. The van der Waals surface area contributed by atoms with Crippen molar-refractivity contribution in [2.45, 2.75) is 46.1 Å². The first-order chi connectivity index (χ1) is 18.3. The fraction of sp³-hybridized carbons (Fsp3) is 0.310. The Bertz CT molecular complexity index is 1440. The van der Waals surface area contributed by atoms with E-state index >= 15 is 0 Å². The van der Waals surface area contributed by atoms with Crippen LogP contribution in [0.2, 0.25) is 0 Å². The molecule has 0 unspecified atom stereocenters. The van der Waals surface area contributed by atoms with Gasteiger partial charge in [0.05, 0.1) is 17.9 Å². The maximum Gasteiger partial charge on any atom is 0.511 e. The quantitative estimate of drug-likeness (QED) is 0.203. The zero-order chi connectivity index (χ0) is 27.2. The number of carbonyl (C=O) groups is 2. The normalized spacial score (nSPS) is 10.9. The summed E-state index contributed by atoms with van der Waals surface area (Å²) >= 11 is 0. The van der Waals surface area contributed by atoms with Crippen LogP contribution in [-0.2, 0) is 19.4 Å². The van der Waals surface area contributed by atoms with E-state index in [1.165, 1.54) is 4.90 Å². The van der Waals surface area contributed by atoms with Crippen LogP contribution in [0.15, 0.2) is 54.6 Å². The van der Waals surface area contributed by atoms with E-state index in [2.05, 4.69) is 16.8 Å². The molecule has 0 spiro atoms. The second-order valence-electron chi connectivity index (χ2n) is 9.28. The van der Waals surface area contributed by atoms with Crippen molar-refractivity contribution in [2.75, 3.05) is 19.4 Å². The first kappa shape index (κ1) is 26.7. The zero-order valence-corrected chi connectivity index (χ0v) is 22.2. The second-order valence-corrected chi connectivity index (χ2v) is 9.28. The van der Waals surface area contributed by atoms with Gasteiger partial charge in [0.25, 0.3) is 0 Å². The highest BCUT2D eigenvalue weighted by Gasteiger charge is 2.17. The van der Waals surface area contributed by atoms with Crippen LogP contribution in [0.5, 0.6) is 5.75 Å². The van der Waals surface area contributed by atoms with Crippen molar-refractivity contribution < 1.29 is 19.4 Å². The number of aromatic nitrogens is 3. The van der Waals surface area contributed by atoms with E-state index in [0.29, 0.717) is 30.0 Å². The first-order valence-corrected chi connectivity index (χ1v) is 12.8. The molecule has 9 nitrogen and oxygen atoms in total. The molecule has 0 radical (unpaired) electrons. The van der Waals surface area contributed by atoms with Crippen molar-refractivity contribution in [3.63, 3.8) is 0 Å². The van der Waals surface area contributed by atoms with Crippen LogP contribution in [0.1, 0.15) is 43.8 Å². The number of nitrogens with zero attached hydrogens (tertiary/aromatic N) is 4. The van der Waals surface area contributed by atoms with Crippen LogP contribution in [0.4, 0.5) is 15.3 Å². The summed E-state index contributed by atoms with van der Waals surface area (Å²) in [6.45, 7) is 4.76. The highest BCUT2D eigenvalue weighted by atomic mass is 16.7. The number of ether oxygens (including phenoxy) is 1. The number of urea groups is 1. The van der Waals surface area contributed by atoms with Crippen LogP contribution in [-0.4, -0.2) is 50.8 Å². The van der Waals surface area contributed by atoms with Gasteiger partial charge < -0.3 is 24.6 Å². The number of pyridine rings is 1. The molecule has 0 aliphatic heterocycles. The third-order valence-corrected chi connectivity index (χ3v) is 6.31. The summed E-state index contributed by atoms with van der Waals surface area (Å²) in [4.78, 5) is 34.7. The topological polar surface area (TPSA) is 110 Å². The Balaban J connectivity index is 1.69. The number of rotatable bonds is 9. The second kappa shape index (κ2) is 11.8. The standard InChI is InChI=1S/C29H33N5O4/c1-5-7-12-26-30-24-17-23(32-28(35)33(3)4)22(6-2)31-27(24)34(26)18-19-13-15-20(16-14-19)21-10-8-9-11-25(21)38-29(36)37/h8-11,13-17H,5-7,12,18H2,1-4H3,(H,32,35)(H,36,37). The summed E-state index contributed by atoms with van der Waals surface area (Å²) < 4.78 is 7.10. The lowest BCUT2D eigenvalue weighted by Crippen LogP contribution is -2.28. The van der Waals surface area contributed by atoms with Gasteiger partial charge in [-0.3, -0.25) is 0 Å². The van der Waals surface area contributed by atoms with Gasteiger partial charge in [0, 0.05) is 26.1 Å². The number of carboxylic acid groups (broad SMARTS) is 1. The van der Waals surface area contributed by atoms with E-state index in [4.69, 9.17) is 19.8 Å². The Morgan fingerprint density at radius 2 is 1.79 bits per heavy atom. The summed E-state index contributed by atoms with van der Waals surface area (Å²) in [6, 6.07) is 16.7. The first-order valence-electron chi connectivity index (χ1n) is 12.8. The number of imidazole rings is 1. The van der Waals surface area contributed by atoms with Crippen molar-refractivity contribution in [3.05, 3.63) is 71.7 Å². The molecule has 0 saturated heterocycles. The van der Waals surface area contributed by atoms with Crippen molar-refractivity contribution in [2.24, 2.45) is 0 Å². The van der Waals surface area contributed by atoms with E-state index < -0.39 is 6.16 Å². The van der Waals surface area contributed by atoms with Crippen LogP contribution < -0.4 is 10.1 Å². The summed E-state index contributed by atoms with van der Waals surface area (Å²) in [7, 11) is 3.40. The molecule has 9 heteroatoms. The van der Waals surface area contributed by atoms with Gasteiger partial charge in [-0.2, -0.15) is 0 Å². The molecule has 2 heterocycles. The van der Waals surface area contributed by atoms with Gasteiger partial charge in [-0.25, -0.2) is 19.6 Å². The minimum atomic E-state index is -1.34. The summed E-state index contributed by atoms with van der Waals surface area (Å²) in [5.74, 6) is 1.25. The third kappa shape index (κ3) is 5.94. The lowest BCUT2D eigenvalue weighted by molar-refractivity contribution is 0.144. The van der Waals surface area contributed by atoms with Gasteiger partial charge >= 0.3 is 12.2 Å². The van der Waals surface area contributed by atoms with Crippen LogP contribution in [0.3, 0.4) is 0 Å². The molecule has 2 N–H and O–H groups in total. The summed E-state index contributed by atoms with van der Waals surface area (Å²) in [5.41, 5.74) is 5.66. The van der Waals surface area contributed by atoms with E-state index in [1.807, 2.05) is 49.4 Å². The van der Waals surface area contributed by atoms with E-state index in [0.717, 1.165) is 53.1 Å². The SMILES string of the molecule is CCCCc1nc2cc(NC(=O)N(C)C)c(CC)nc2n1Cc1ccc(-c2ccccc2OC(=O)O)cc1. The lowest BCUT2D eigenvalue weighted by atomic mass is 10.0. The van der Waals surface area contributed by atoms with E-state index in [9.17, 15) is 9.59 Å². The molecule has 2 aromatic carbocycles. The summed E-state index contributed by atoms with van der Waals surface area (Å²) in [6.07, 6.45) is 2.21. The number of anilines is 1.